The number of anilines is 2. The van der Waals surface area contributed by atoms with Crippen LogP contribution in [0.1, 0.15) is 41.5 Å². The van der Waals surface area contributed by atoms with Gasteiger partial charge in [0.1, 0.15) is 11.2 Å². The van der Waals surface area contributed by atoms with Crippen LogP contribution in [0.2, 0.25) is 0 Å². The molecule has 0 aliphatic heterocycles. The summed E-state index contributed by atoms with van der Waals surface area (Å²) in [7, 11) is 0. The summed E-state index contributed by atoms with van der Waals surface area (Å²) < 4.78 is 12.2. The van der Waals surface area contributed by atoms with Crippen LogP contribution in [-0.4, -0.2) is 23.4 Å². The number of carbonyl (C=O) groups is 2. The molecule has 1 aromatic heterocycles. The van der Waals surface area contributed by atoms with E-state index in [2.05, 4.69) is 55.8 Å². The Kier molecular flexibility index (Phi) is 6.96. The van der Waals surface area contributed by atoms with Gasteiger partial charge in [0, 0.05) is 0 Å². The highest BCUT2D eigenvalue weighted by Crippen LogP contribution is 2.40. The fourth-order valence-electron chi connectivity index (χ4n) is 1.41. The van der Waals surface area contributed by atoms with Crippen molar-refractivity contribution in [2.24, 2.45) is 0 Å². The largest absolute Gasteiger partial charge is 0.444 e. The van der Waals surface area contributed by atoms with E-state index in [1.54, 1.807) is 41.5 Å². The first-order valence-electron chi connectivity index (χ1n) is 6.76. The molecular formula is C14H20I2N2O4S. The lowest BCUT2D eigenvalue weighted by Crippen LogP contribution is -2.29. The lowest BCUT2D eigenvalue weighted by Gasteiger charge is -2.21. The lowest BCUT2D eigenvalue weighted by molar-refractivity contribution is 0.0620. The van der Waals surface area contributed by atoms with Crippen molar-refractivity contribution in [3.8, 4) is 0 Å². The molecule has 1 heterocycles. The minimum Gasteiger partial charge on any atom is -0.444 e. The molecule has 2 amide bonds. The normalized spacial score (nSPS) is 11.8. The van der Waals surface area contributed by atoms with E-state index in [4.69, 9.17) is 9.47 Å². The first kappa shape index (κ1) is 20.7. The van der Waals surface area contributed by atoms with Crippen LogP contribution in [0.3, 0.4) is 0 Å². The molecule has 0 aliphatic rings. The van der Waals surface area contributed by atoms with Crippen molar-refractivity contribution in [1.29, 1.82) is 0 Å². The van der Waals surface area contributed by atoms with Crippen LogP contribution >= 0.6 is 56.5 Å². The average Bonchev–Trinajstić information content (AvgIpc) is 2.51. The highest BCUT2D eigenvalue weighted by Gasteiger charge is 2.24. The van der Waals surface area contributed by atoms with Crippen LogP contribution < -0.4 is 10.6 Å². The molecule has 0 bridgehead atoms. The smallest absolute Gasteiger partial charge is 0.412 e. The van der Waals surface area contributed by atoms with Gasteiger partial charge in [0.05, 0.1) is 17.1 Å². The third-order valence-corrected chi connectivity index (χ3v) is 5.24. The third-order valence-electron chi connectivity index (χ3n) is 2.07. The molecule has 9 heteroatoms. The standard InChI is InChI=1S/C14H20I2N2O4S/c1-13(2,3)21-11(19)17-7-8(10(16)23-9(7)15)18-12(20)22-14(4,5)6/h1-6H3,(H,17,19)(H,18,20). The van der Waals surface area contributed by atoms with E-state index in [-0.39, 0.29) is 0 Å². The summed E-state index contributed by atoms with van der Waals surface area (Å²) in [6.07, 6.45) is -1.14. The van der Waals surface area contributed by atoms with E-state index in [0.717, 1.165) is 5.77 Å². The highest BCUT2D eigenvalue weighted by molar-refractivity contribution is 14.1. The number of amides is 2. The van der Waals surface area contributed by atoms with Crippen molar-refractivity contribution in [2.45, 2.75) is 52.7 Å². The van der Waals surface area contributed by atoms with Crippen LogP contribution in [0.5, 0.6) is 0 Å². The highest BCUT2D eigenvalue weighted by atomic mass is 127. The van der Waals surface area contributed by atoms with Crippen molar-refractivity contribution in [3.05, 3.63) is 5.77 Å². The Morgan fingerprint density at radius 3 is 1.39 bits per heavy atom. The van der Waals surface area contributed by atoms with Gasteiger partial charge in [-0.05, 0) is 86.7 Å². The Morgan fingerprint density at radius 1 is 0.826 bits per heavy atom. The Labute approximate surface area is 167 Å². The number of nitrogens with one attached hydrogen (secondary N) is 2. The summed E-state index contributed by atoms with van der Waals surface area (Å²) >= 11 is 5.66. The van der Waals surface area contributed by atoms with Gasteiger partial charge in [-0.15, -0.1) is 11.3 Å². The molecule has 1 aromatic rings. The summed E-state index contributed by atoms with van der Waals surface area (Å²) in [4.78, 5) is 24.0. The minimum atomic E-state index is -0.600. The van der Waals surface area contributed by atoms with Crippen molar-refractivity contribution >= 4 is 80.1 Å². The van der Waals surface area contributed by atoms with Gasteiger partial charge in [0.2, 0.25) is 0 Å². The minimum absolute atomic E-state index is 0.514. The van der Waals surface area contributed by atoms with Crippen LogP contribution in [0.4, 0.5) is 21.0 Å². The molecule has 0 radical (unpaired) electrons. The molecule has 0 aromatic carbocycles. The van der Waals surface area contributed by atoms with E-state index >= 15 is 0 Å². The number of rotatable bonds is 2. The predicted octanol–water partition coefficient (Wildman–Crippen LogP) is 5.65. The molecular weight excluding hydrogens is 546 g/mol. The summed E-state index contributed by atoms with van der Waals surface area (Å²) in [6.45, 7) is 10.7. The Morgan fingerprint density at radius 2 is 1.13 bits per heavy atom. The van der Waals surface area contributed by atoms with Gasteiger partial charge in [0.25, 0.3) is 0 Å². The van der Waals surface area contributed by atoms with Gasteiger partial charge in [-0.1, -0.05) is 0 Å². The zero-order valence-electron chi connectivity index (χ0n) is 13.8. The molecule has 6 nitrogen and oxygen atoms in total. The maximum Gasteiger partial charge on any atom is 0.412 e. The zero-order chi connectivity index (χ0) is 18.0. The summed E-state index contributed by atoms with van der Waals surface area (Å²) in [6, 6.07) is 0. The molecule has 2 N–H and O–H groups in total. The third kappa shape index (κ3) is 7.42. The first-order valence-corrected chi connectivity index (χ1v) is 9.73. The van der Waals surface area contributed by atoms with Crippen molar-refractivity contribution in [2.75, 3.05) is 10.6 Å². The Hall–Kier alpha value is -0.300. The molecule has 130 valence electrons. The van der Waals surface area contributed by atoms with Crippen molar-refractivity contribution in [3.63, 3.8) is 0 Å². The van der Waals surface area contributed by atoms with Gasteiger partial charge >= 0.3 is 12.2 Å². The van der Waals surface area contributed by atoms with Gasteiger partial charge in [-0.3, -0.25) is 10.6 Å². The van der Waals surface area contributed by atoms with Crippen molar-refractivity contribution in [1.82, 2.24) is 0 Å². The first-order chi connectivity index (χ1) is 10.3. The van der Waals surface area contributed by atoms with Gasteiger partial charge < -0.3 is 9.47 Å². The van der Waals surface area contributed by atoms with Crippen LogP contribution in [0, 0.1) is 5.77 Å². The number of hydrogen-bond acceptors (Lipinski definition) is 5. The van der Waals surface area contributed by atoms with Crippen LogP contribution in [0.15, 0.2) is 0 Å². The monoisotopic (exact) mass is 566 g/mol. The summed E-state index contributed by atoms with van der Waals surface area (Å²) in [5.74, 6) is 0. The molecule has 0 saturated heterocycles. The van der Waals surface area contributed by atoms with Gasteiger partial charge in [0.15, 0.2) is 0 Å². The fraction of sp³-hybridized carbons (Fsp3) is 0.571. The maximum atomic E-state index is 12.0. The number of thiophene rings is 1. The van der Waals surface area contributed by atoms with E-state index in [1.165, 1.54) is 11.3 Å². The van der Waals surface area contributed by atoms with E-state index < -0.39 is 23.4 Å². The second-order valence-corrected chi connectivity index (χ2v) is 11.3. The molecule has 23 heavy (non-hydrogen) atoms. The van der Waals surface area contributed by atoms with Crippen molar-refractivity contribution < 1.29 is 19.1 Å². The Balaban J connectivity index is 2.93. The predicted molar refractivity (Wildman–Crippen MR) is 109 cm³/mol. The van der Waals surface area contributed by atoms with Crippen LogP contribution in [-0.2, 0) is 9.47 Å². The topological polar surface area (TPSA) is 76.7 Å². The van der Waals surface area contributed by atoms with E-state index in [0.29, 0.717) is 11.4 Å². The molecule has 0 saturated carbocycles. The second kappa shape index (κ2) is 7.72. The SMILES string of the molecule is CC(C)(C)OC(=O)Nc1c(I)sc(I)c1NC(=O)OC(C)(C)C. The Bertz CT molecular complexity index is 553. The molecule has 0 atom stereocenters. The molecule has 1 rings (SSSR count). The second-order valence-electron chi connectivity index (χ2n) is 6.65. The lowest BCUT2D eigenvalue weighted by atomic mass is 10.2. The molecule has 0 spiro atoms. The number of ether oxygens (including phenoxy) is 2. The van der Waals surface area contributed by atoms with Crippen LogP contribution in [0.25, 0.3) is 0 Å². The fourth-order valence-corrected chi connectivity index (χ4v) is 5.47. The van der Waals surface area contributed by atoms with Gasteiger partial charge in [-0.25, -0.2) is 9.59 Å². The number of carbonyl (C=O) groups excluding carboxylic acids is 2. The number of hydrogen-bond donors (Lipinski definition) is 2. The summed E-state index contributed by atoms with van der Waals surface area (Å²) in [5.41, 5.74) is -0.172. The zero-order valence-corrected chi connectivity index (χ0v) is 18.9. The molecule has 0 aliphatic carbocycles. The maximum absolute atomic E-state index is 12.0. The molecule has 0 fully saturated rings. The molecule has 0 unspecified atom stereocenters. The summed E-state index contributed by atoms with van der Waals surface area (Å²) in [5, 5.41) is 5.38. The van der Waals surface area contributed by atoms with Gasteiger partial charge in [-0.2, -0.15) is 0 Å². The average molecular weight is 566 g/mol. The van der Waals surface area contributed by atoms with E-state index in [9.17, 15) is 9.59 Å². The quantitative estimate of drug-likeness (QED) is 0.454. The van der Waals surface area contributed by atoms with E-state index in [1.807, 2.05) is 0 Å². The number of halogens is 2.